The lowest BCUT2D eigenvalue weighted by Gasteiger charge is -2.29. The van der Waals surface area contributed by atoms with E-state index in [0.29, 0.717) is 4.57 Å². The van der Waals surface area contributed by atoms with Crippen molar-refractivity contribution in [2.24, 2.45) is 5.92 Å². The summed E-state index contributed by atoms with van der Waals surface area (Å²) < 4.78 is 65.1. The minimum Gasteiger partial charge on any atom is -0.388 e. The van der Waals surface area contributed by atoms with Gasteiger partial charge in [0, 0.05) is 12.3 Å². The second-order valence-electron chi connectivity index (χ2n) is 6.23. The van der Waals surface area contributed by atoms with E-state index in [9.17, 15) is 37.7 Å². The van der Waals surface area contributed by atoms with Crippen molar-refractivity contribution < 1.29 is 60.6 Å². The molecule has 1 saturated heterocycles. The number of halogens is 1. The Morgan fingerprint density at radius 3 is 2.34 bits per heavy atom. The van der Waals surface area contributed by atoms with Crippen LogP contribution in [0.2, 0.25) is 0 Å². The molecule has 0 bridgehead atoms. The van der Waals surface area contributed by atoms with Gasteiger partial charge in [0.2, 0.25) is 0 Å². The number of alkyl halides is 1. The molecule has 16 nitrogen and oxygen atoms in total. The van der Waals surface area contributed by atoms with Crippen LogP contribution in [0.1, 0.15) is 6.23 Å². The van der Waals surface area contributed by atoms with Gasteiger partial charge in [0.1, 0.15) is 18.4 Å². The SMILES string of the molecule is C#C[C@@H]1[C@H](n2ccc(=O)[nH]c2=O)O[C@](CF)(COP(=O)(O)OP(=O)(O)OP(=O)(O)O)[C@H]1O. The van der Waals surface area contributed by atoms with Gasteiger partial charge in [-0.05, 0) is 0 Å². The molecule has 1 fully saturated rings. The molecule has 180 valence electrons. The largest absolute Gasteiger partial charge is 0.490 e. The van der Waals surface area contributed by atoms with Crippen LogP contribution in [0.25, 0.3) is 0 Å². The number of aliphatic hydroxyl groups excluding tert-OH is 1. The van der Waals surface area contributed by atoms with E-state index < -0.39 is 71.8 Å². The van der Waals surface area contributed by atoms with Crippen molar-refractivity contribution in [3.63, 3.8) is 0 Å². The molecular formula is C12H16FN2O14P3. The molecule has 0 saturated carbocycles. The number of aromatic nitrogens is 2. The number of nitrogens with one attached hydrogen (secondary N) is 1. The predicted octanol–water partition coefficient (Wildman–Crippen LogP) is -1.27. The first-order chi connectivity index (χ1) is 14.5. The van der Waals surface area contributed by atoms with Gasteiger partial charge in [-0.1, -0.05) is 5.92 Å². The number of aliphatic hydroxyl groups is 1. The quantitative estimate of drug-likeness (QED) is 0.163. The average molecular weight is 524 g/mol. The molecule has 0 spiro atoms. The minimum absolute atomic E-state index is 0.706. The summed E-state index contributed by atoms with van der Waals surface area (Å²) in [7, 11) is -17.2. The normalized spacial score (nSPS) is 29.7. The Morgan fingerprint density at radius 1 is 1.22 bits per heavy atom. The van der Waals surface area contributed by atoms with E-state index in [1.54, 1.807) is 0 Å². The van der Waals surface area contributed by atoms with Crippen molar-refractivity contribution in [3.05, 3.63) is 33.1 Å². The number of rotatable bonds is 9. The molecule has 20 heteroatoms. The monoisotopic (exact) mass is 524 g/mol. The summed E-state index contributed by atoms with van der Waals surface area (Å²) in [5.74, 6) is 0.606. The van der Waals surface area contributed by atoms with Gasteiger partial charge in [0.25, 0.3) is 5.56 Å². The molecule has 2 rings (SSSR count). The van der Waals surface area contributed by atoms with E-state index in [4.69, 9.17) is 25.8 Å². The molecule has 0 aliphatic carbocycles. The maximum atomic E-state index is 13.9. The molecule has 1 aliphatic heterocycles. The third kappa shape index (κ3) is 6.30. The fourth-order valence-corrected chi connectivity index (χ4v) is 5.74. The summed E-state index contributed by atoms with van der Waals surface area (Å²) in [6.45, 7) is -2.99. The number of ether oxygens (including phenoxy) is 1. The smallest absolute Gasteiger partial charge is 0.388 e. The van der Waals surface area contributed by atoms with Gasteiger partial charge in [-0.15, -0.1) is 6.42 Å². The molecule has 1 aromatic heterocycles. The van der Waals surface area contributed by atoms with Crippen LogP contribution in [-0.4, -0.2) is 59.2 Å². The van der Waals surface area contributed by atoms with Gasteiger partial charge < -0.3 is 29.4 Å². The summed E-state index contributed by atoms with van der Waals surface area (Å²) in [4.78, 5) is 60.7. The van der Waals surface area contributed by atoms with E-state index in [-0.39, 0.29) is 0 Å². The Balaban J connectivity index is 2.27. The van der Waals surface area contributed by atoms with E-state index >= 15 is 0 Å². The Hall–Kier alpha value is -1.50. The lowest BCUT2D eigenvalue weighted by Crippen LogP contribution is -2.47. The third-order valence-corrected chi connectivity index (χ3v) is 7.76. The van der Waals surface area contributed by atoms with E-state index in [1.165, 1.54) is 0 Å². The molecule has 0 amide bonds. The molecule has 2 heterocycles. The lowest BCUT2D eigenvalue weighted by molar-refractivity contribution is -0.135. The lowest BCUT2D eigenvalue weighted by atomic mass is 9.91. The molecular weight excluding hydrogens is 508 g/mol. The Labute approximate surface area is 177 Å². The fraction of sp³-hybridized carbons (Fsp3) is 0.500. The highest BCUT2D eigenvalue weighted by Crippen LogP contribution is 2.66. The maximum absolute atomic E-state index is 13.9. The first kappa shape index (κ1) is 26.7. The average Bonchev–Trinajstić information content (AvgIpc) is 2.89. The summed E-state index contributed by atoms with van der Waals surface area (Å²) in [5, 5.41) is 10.4. The van der Waals surface area contributed by atoms with Crippen LogP contribution in [0.4, 0.5) is 4.39 Å². The Morgan fingerprint density at radius 2 is 1.84 bits per heavy atom. The molecule has 6 N–H and O–H groups in total. The van der Waals surface area contributed by atoms with E-state index in [2.05, 4.69) is 19.1 Å². The van der Waals surface area contributed by atoms with E-state index in [0.717, 1.165) is 12.3 Å². The summed E-state index contributed by atoms with van der Waals surface area (Å²) >= 11 is 0. The molecule has 0 radical (unpaired) electrons. The zero-order chi connectivity index (χ0) is 24.5. The van der Waals surface area contributed by atoms with Crippen LogP contribution in [0.15, 0.2) is 21.9 Å². The second kappa shape index (κ2) is 9.40. The number of phosphoric acid groups is 3. The van der Waals surface area contributed by atoms with Crippen LogP contribution >= 0.6 is 23.5 Å². The van der Waals surface area contributed by atoms with Crippen molar-refractivity contribution in [2.75, 3.05) is 13.3 Å². The fourth-order valence-electron chi connectivity index (χ4n) is 2.66. The van der Waals surface area contributed by atoms with E-state index in [1.807, 2.05) is 4.98 Å². The van der Waals surface area contributed by atoms with Gasteiger partial charge in [0.05, 0.1) is 12.5 Å². The summed E-state index contributed by atoms with van der Waals surface area (Å²) in [6.07, 6.45) is 2.67. The number of terminal acetylenes is 1. The molecule has 2 unspecified atom stereocenters. The van der Waals surface area contributed by atoms with Crippen LogP contribution in [0, 0.1) is 18.3 Å². The number of phosphoric ester groups is 1. The zero-order valence-electron chi connectivity index (χ0n) is 15.5. The van der Waals surface area contributed by atoms with Crippen molar-refractivity contribution in [1.82, 2.24) is 9.55 Å². The number of hydrogen-bond acceptors (Lipinski definition) is 10. The number of aromatic amines is 1. The third-order valence-electron chi connectivity index (χ3n) is 3.97. The van der Waals surface area contributed by atoms with Crippen molar-refractivity contribution in [1.29, 1.82) is 0 Å². The van der Waals surface area contributed by atoms with Crippen LogP contribution in [0.5, 0.6) is 0 Å². The summed E-state index contributed by atoms with van der Waals surface area (Å²) in [6, 6.07) is 0.895. The van der Waals surface area contributed by atoms with Gasteiger partial charge >= 0.3 is 29.2 Å². The van der Waals surface area contributed by atoms with Crippen molar-refractivity contribution in [3.8, 4) is 12.3 Å². The zero-order valence-corrected chi connectivity index (χ0v) is 18.1. The number of hydrogen-bond donors (Lipinski definition) is 6. The minimum atomic E-state index is -5.84. The molecule has 1 aromatic rings. The van der Waals surface area contributed by atoms with Gasteiger partial charge in [-0.2, -0.15) is 8.62 Å². The predicted molar refractivity (Wildman–Crippen MR) is 98.3 cm³/mol. The van der Waals surface area contributed by atoms with Crippen LogP contribution in [0.3, 0.4) is 0 Å². The Bertz CT molecular complexity index is 1150. The Kier molecular flexibility index (Phi) is 7.85. The highest BCUT2D eigenvalue weighted by atomic mass is 31.3. The summed E-state index contributed by atoms with van der Waals surface area (Å²) in [5.41, 5.74) is -4.34. The second-order valence-corrected chi connectivity index (χ2v) is 10.6. The highest BCUT2D eigenvalue weighted by Gasteiger charge is 2.57. The first-order valence-electron chi connectivity index (χ1n) is 8.02. The highest BCUT2D eigenvalue weighted by molar-refractivity contribution is 7.66. The number of H-pyrrole nitrogens is 1. The first-order valence-corrected chi connectivity index (χ1v) is 12.5. The standard InChI is InChI=1S/C12H16FN2O14P3/c1-2-7-9(17)12(5-13,27-10(7)15-4-3-8(16)14-11(15)18)6-26-31(22,23)29-32(24,25)28-30(19,20)21/h1,3-4,7,9-10,17H,5-6H2,(H,22,23)(H,24,25)(H,14,16,18)(H2,19,20,21)/t7-,9-,10+,12+/m0/s1. The number of nitrogens with zero attached hydrogens (tertiary/aromatic N) is 1. The van der Waals surface area contributed by atoms with Crippen molar-refractivity contribution >= 4 is 23.5 Å². The van der Waals surface area contributed by atoms with Crippen molar-refractivity contribution in [2.45, 2.75) is 17.9 Å². The molecule has 0 aromatic carbocycles. The topological polar surface area (TPSA) is 244 Å². The van der Waals surface area contributed by atoms with Crippen LogP contribution < -0.4 is 11.2 Å². The van der Waals surface area contributed by atoms with Crippen LogP contribution in [-0.2, 0) is 31.6 Å². The molecule has 1 aliphatic rings. The molecule has 32 heavy (non-hydrogen) atoms. The van der Waals surface area contributed by atoms with Gasteiger partial charge in [-0.25, -0.2) is 22.9 Å². The molecule has 6 atom stereocenters. The van der Waals surface area contributed by atoms with Gasteiger partial charge in [-0.3, -0.25) is 18.9 Å². The maximum Gasteiger partial charge on any atom is 0.490 e. The van der Waals surface area contributed by atoms with Gasteiger partial charge in [0.15, 0.2) is 6.23 Å².